The lowest BCUT2D eigenvalue weighted by atomic mass is 10.1. The topological polar surface area (TPSA) is 49.3 Å². The highest BCUT2D eigenvalue weighted by Gasteiger charge is 2.13. The molecule has 0 saturated heterocycles. The van der Waals surface area contributed by atoms with Crippen LogP contribution in [0.3, 0.4) is 0 Å². The molecule has 1 atom stereocenters. The minimum absolute atomic E-state index is 0.0419. The smallest absolute Gasteiger partial charge is 0.252 e. The molecule has 1 heterocycles. The maximum absolute atomic E-state index is 12.4. The second-order valence-electron chi connectivity index (χ2n) is 5.10. The zero-order valence-electron chi connectivity index (χ0n) is 12.6. The van der Waals surface area contributed by atoms with Gasteiger partial charge in [-0.05, 0) is 43.3 Å². The Hall–Kier alpha value is -1.30. The molecule has 5 heteroatoms. The number of aliphatic hydroxyl groups excluding tert-OH is 1. The summed E-state index contributed by atoms with van der Waals surface area (Å²) in [4.78, 5) is 14.7. The first-order valence-electron chi connectivity index (χ1n) is 7.36. The maximum Gasteiger partial charge on any atom is 0.252 e. The van der Waals surface area contributed by atoms with Crippen LogP contribution >= 0.6 is 23.1 Å². The highest BCUT2D eigenvalue weighted by molar-refractivity contribution is 7.98. The van der Waals surface area contributed by atoms with Gasteiger partial charge in [0.25, 0.3) is 5.91 Å². The molecule has 1 unspecified atom stereocenters. The van der Waals surface area contributed by atoms with Gasteiger partial charge < -0.3 is 10.4 Å². The summed E-state index contributed by atoms with van der Waals surface area (Å²) in [5.74, 6) is 0.835. The number of thiophene rings is 1. The Balaban J connectivity index is 1.99. The van der Waals surface area contributed by atoms with Gasteiger partial charge in [-0.3, -0.25) is 4.79 Å². The third kappa shape index (κ3) is 5.16. The van der Waals surface area contributed by atoms with Gasteiger partial charge in [-0.1, -0.05) is 18.2 Å². The van der Waals surface area contributed by atoms with Gasteiger partial charge in [0.1, 0.15) is 0 Å². The molecular formula is C17H21NO2S2. The van der Waals surface area contributed by atoms with Crippen molar-refractivity contribution in [2.75, 3.05) is 6.61 Å². The van der Waals surface area contributed by atoms with Crippen LogP contribution in [0.25, 0.3) is 0 Å². The summed E-state index contributed by atoms with van der Waals surface area (Å²) in [5.41, 5.74) is 0.722. The lowest BCUT2D eigenvalue weighted by Crippen LogP contribution is -2.32. The molecule has 1 amide bonds. The fourth-order valence-electron chi connectivity index (χ4n) is 2.09. The first kappa shape index (κ1) is 17.1. The van der Waals surface area contributed by atoms with Crippen molar-refractivity contribution in [1.29, 1.82) is 0 Å². The minimum atomic E-state index is -0.0419. The number of thioether (sulfide) groups is 1. The summed E-state index contributed by atoms with van der Waals surface area (Å²) in [6, 6.07) is 11.9. The second-order valence-corrected chi connectivity index (χ2v) is 7.15. The van der Waals surface area contributed by atoms with Crippen molar-refractivity contribution in [1.82, 2.24) is 5.32 Å². The summed E-state index contributed by atoms with van der Waals surface area (Å²) >= 11 is 3.42. The molecule has 2 rings (SSSR count). The minimum Gasteiger partial charge on any atom is -0.396 e. The zero-order valence-corrected chi connectivity index (χ0v) is 14.3. The quantitative estimate of drug-likeness (QED) is 0.719. The highest BCUT2D eigenvalue weighted by Crippen LogP contribution is 2.28. The number of rotatable bonds is 8. The third-order valence-corrected chi connectivity index (χ3v) is 5.44. The maximum atomic E-state index is 12.4. The average molecular weight is 335 g/mol. The Morgan fingerprint density at radius 1 is 1.32 bits per heavy atom. The van der Waals surface area contributed by atoms with E-state index in [1.807, 2.05) is 37.3 Å². The largest absolute Gasteiger partial charge is 0.396 e. The SMILES string of the molecule is CC(CCCO)NC(=O)c1ccccc1SCc1cccs1. The molecule has 0 bridgehead atoms. The van der Waals surface area contributed by atoms with E-state index in [1.54, 1.807) is 23.1 Å². The Kier molecular flexibility index (Phi) is 6.96. The Labute approximate surface area is 139 Å². The van der Waals surface area contributed by atoms with Crippen LogP contribution in [-0.2, 0) is 5.75 Å². The van der Waals surface area contributed by atoms with Crippen molar-refractivity contribution in [2.24, 2.45) is 0 Å². The van der Waals surface area contributed by atoms with Crippen molar-refractivity contribution >= 4 is 29.0 Å². The average Bonchev–Trinajstić information content (AvgIpc) is 3.04. The second kappa shape index (κ2) is 8.98. The Bertz CT molecular complexity index is 584. The van der Waals surface area contributed by atoms with Crippen LogP contribution in [0.15, 0.2) is 46.7 Å². The van der Waals surface area contributed by atoms with Crippen LogP contribution in [0.5, 0.6) is 0 Å². The van der Waals surface area contributed by atoms with Crippen LogP contribution in [0, 0.1) is 0 Å². The number of carbonyl (C=O) groups excluding carboxylic acids is 1. The molecule has 0 aliphatic heterocycles. The van der Waals surface area contributed by atoms with E-state index >= 15 is 0 Å². The van der Waals surface area contributed by atoms with E-state index in [1.165, 1.54) is 4.88 Å². The van der Waals surface area contributed by atoms with Gasteiger partial charge in [0, 0.05) is 28.2 Å². The first-order chi connectivity index (χ1) is 10.7. The van der Waals surface area contributed by atoms with E-state index in [-0.39, 0.29) is 18.6 Å². The van der Waals surface area contributed by atoms with Crippen LogP contribution in [0.2, 0.25) is 0 Å². The lowest BCUT2D eigenvalue weighted by molar-refractivity contribution is 0.0933. The number of benzene rings is 1. The standard InChI is InChI=1S/C17H21NO2S2/c1-13(6-4-10-19)18-17(20)15-8-2-3-9-16(15)22-12-14-7-5-11-21-14/h2-3,5,7-9,11,13,19H,4,6,10,12H2,1H3,(H,18,20). The van der Waals surface area contributed by atoms with E-state index in [0.29, 0.717) is 6.42 Å². The highest BCUT2D eigenvalue weighted by atomic mass is 32.2. The number of aliphatic hydroxyl groups is 1. The molecule has 1 aromatic heterocycles. The van der Waals surface area contributed by atoms with E-state index in [9.17, 15) is 4.79 Å². The van der Waals surface area contributed by atoms with E-state index < -0.39 is 0 Å². The summed E-state index contributed by atoms with van der Waals surface area (Å²) < 4.78 is 0. The van der Waals surface area contributed by atoms with Gasteiger partial charge in [-0.15, -0.1) is 23.1 Å². The predicted octanol–water partition coefficient (Wildman–Crippen LogP) is 3.93. The molecular weight excluding hydrogens is 314 g/mol. The van der Waals surface area contributed by atoms with Crippen LogP contribution in [-0.4, -0.2) is 23.7 Å². The molecule has 0 spiro atoms. The van der Waals surface area contributed by atoms with E-state index in [0.717, 1.165) is 22.6 Å². The van der Waals surface area contributed by atoms with Gasteiger partial charge >= 0.3 is 0 Å². The van der Waals surface area contributed by atoms with Gasteiger partial charge in [0.05, 0.1) is 5.56 Å². The summed E-state index contributed by atoms with van der Waals surface area (Å²) in [5, 5.41) is 13.9. The molecule has 0 fully saturated rings. The van der Waals surface area contributed by atoms with Gasteiger partial charge in [-0.25, -0.2) is 0 Å². The van der Waals surface area contributed by atoms with Crippen molar-refractivity contribution in [2.45, 2.75) is 36.5 Å². The van der Waals surface area contributed by atoms with E-state index in [2.05, 4.69) is 16.8 Å². The number of amides is 1. The summed E-state index contributed by atoms with van der Waals surface area (Å²) in [6.07, 6.45) is 1.49. The van der Waals surface area contributed by atoms with Gasteiger partial charge in [0.2, 0.25) is 0 Å². The molecule has 118 valence electrons. The molecule has 0 aliphatic carbocycles. The van der Waals surface area contributed by atoms with Crippen LogP contribution in [0.4, 0.5) is 0 Å². The first-order valence-corrected chi connectivity index (χ1v) is 9.23. The molecule has 0 radical (unpaired) electrons. The predicted molar refractivity (Wildman–Crippen MR) is 93.6 cm³/mol. The molecule has 2 N–H and O–H groups in total. The number of carbonyl (C=O) groups is 1. The Morgan fingerprint density at radius 3 is 2.86 bits per heavy atom. The molecule has 2 aromatic rings. The van der Waals surface area contributed by atoms with Crippen LogP contribution < -0.4 is 5.32 Å². The molecule has 1 aromatic carbocycles. The van der Waals surface area contributed by atoms with Crippen molar-refractivity contribution in [3.63, 3.8) is 0 Å². The normalized spacial score (nSPS) is 12.1. The third-order valence-electron chi connectivity index (χ3n) is 3.25. The molecule has 0 saturated carbocycles. The fraction of sp³-hybridized carbons (Fsp3) is 0.353. The fourth-order valence-corrected chi connectivity index (χ4v) is 3.92. The van der Waals surface area contributed by atoms with Crippen molar-refractivity contribution in [3.8, 4) is 0 Å². The molecule has 3 nitrogen and oxygen atoms in total. The van der Waals surface area contributed by atoms with Gasteiger partial charge in [-0.2, -0.15) is 0 Å². The van der Waals surface area contributed by atoms with Crippen LogP contribution in [0.1, 0.15) is 35.0 Å². The van der Waals surface area contributed by atoms with Crippen molar-refractivity contribution in [3.05, 3.63) is 52.2 Å². The number of hydrogen-bond acceptors (Lipinski definition) is 4. The Morgan fingerprint density at radius 2 is 2.14 bits per heavy atom. The number of nitrogens with one attached hydrogen (secondary N) is 1. The lowest BCUT2D eigenvalue weighted by Gasteiger charge is -2.15. The van der Waals surface area contributed by atoms with E-state index in [4.69, 9.17) is 5.11 Å². The molecule has 22 heavy (non-hydrogen) atoms. The van der Waals surface area contributed by atoms with Crippen molar-refractivity contribution < 1.29 is 9.90 Å². The summed E-state index contributed by atoms with van der Waals surface area (Å²) in [6.45, 7) is 2.13. The monoisotopic (exact) mass is 335 g/mol. The van der Waals surface area contributed by atoms with Gasteiger partial charge in [0.15, 0.2) is 0 Å². The molecule has 0 aliphatic rings. The zero-order chi connectivity index (χ0) is 15.8. The number of hydrogen-bond donors (Lipinski definition) is 2. The summed E-state index contributed by atoms with van der Waals surface area (Å²) in [7, 11) is 0.